The van der Waals surface area contributed by atoms with Crippen molar-refractivity contribution in [1.82, 2.24) is 4.31 Å². The summed E-state index contributed by atoms with van der Waals surface area (Å²) in [5.41, 5.74) is 4.50. The highest BCUT2D eigenvalue weighted by Gasteiger charge is 2.34. The van der Waals surface area contributed by atoms with Crippen LogP contribution in [0.5, 0.6) is 0 Å². The Morgan fingerprint density at radius 2 is 2.08 bits per heavy atom. The largest absolute Gasteiger partial charge is 0.469 e. The van der Waals surface area contributed by atoms with Crippen molar-refractivity contribution in [1.29, 1.82) is 0 Å². The first-order valence-corrected chi connectivity index (χ1v) is 3.19. The number of amides is 1. The number of rotatable bonds is 3. The van der Waals surface area contributed by atoms with E-state index >= 15 is 0 Å². The van der Waals surface area contributed by atoms with Crippen molar-refractivity contribution in [2.75, 3.05) is 13.2 Å². The maximum Gasteiger partial charge on any atom is 0.469 e. The van der Waals surface area contributed by atoms with Crippen molar-refractivity contribution in [2.45, 2.75) is 6.30 Å². The summed E-state index contributed by atoms with van der Waals surface area (Å²) in [6, 6.07) is 0. The number of thiol groups is 1. The smallest absolute Gasteiger partial charge is 0.448 e. The summed E-state index contributed by atoms with van der Waals surface area (Å²) < 4.78 is 38.8. The van der Waals surface area contributed by atoms with Crippen LogP contribution in [0.15, 0.2) is 0 Å². The van der Waals surface area contributed by atoms with E-state index in [-0.39, 0.29) is 4.31 Å². The molecule has 0 unspecified atom stereocenters. The molecule has 1 amide bonds. The zero-order valence-electron chi connectivity index (χ0n) is 5.84. The predicted molar refractivity (Wildman–Crippen MR) is 37.3 cm³/mol. The van der Waals surface area contributed by atoms with Crippen molar-refractivity contribution < 1.29 is 22.7 Å². The summed E-state index contributed by atoms with van der Waals surface area (Å²) in [4.78, 5) is 9.91. The topological polar surface area (TPSA) is 55.6 Å². The number of hydrogen-bond acceptors (Lipinski definition) is 4. The molecule has 0 aromatic rings. The van der Waals surface area contributed by atoms with E-state index in [2.05, 4.69) is 23.3 Å². The van der Waals surface area contributed by atoms with E-state index in [0.29, 0.717) is 0 Å². The monoisotopic (exact) mass is 204 g/mol. The van der Waals surface area contributed by atoms with Gasteiger partial charge in [0.25, 0.3) is 0 Å². The van der Waals surface area contributed by atoms with Gasteiger partial charge in [-0.1, -0.05) is 12.8 Å². The summed E-state index contributed by atoms with van der Waals surface area (Å²) in [5.74, 6) is 0. The average molecular weight is 204 g/mol. The first-order chi connectivity index (χ1) is 5.34. The van der Waals surface area contributed by atoms with Crippen LogP contribution in [0.3, 0.4) is 0 Å². The first kappa shape index (κ1) is 11.4. The minimum absolute atomic E-state index is 0.212. The van der Waals surface area contributed by atoms with Gasteiger partial charge in [-0.2, -0.15) is 17.5 Å². The number of nitrogens with two attached hydrogens (primary N) is 1. The zero-order valence-corrected chi connectivity index (χ0v) is 6.73. The summed E-state index contributed by atoms with van der Waals surface area (Å²) in [6.45, 7) is -1.01. The maximum atomic E-state index is 11.7. The van der Waals surface area contributed by atoms with Crippen LogP contribution in [0, 0.1) is 0 Å². The molecule has 0 radical (unpaired) electrons. The third kappa shape index (κ3) is 5.08. The van der Waals surface area contributed by atoms with Crippen LogP contribution >= 0.6 is 12.8 Å². The number of alkyl halides is 3. The minimum Gasteiger partial charge on any atom is -0.448 e. The lowest BCUT2D eigenvalue weighted by atomic mass is 10.7. The highest BCUT2D eigenvalue weighted by atomic mass is 32.1. The Kier molecular flexibility index (Phi) is 4.18. The molecule has 0 aromatic carbocycles. The molecule has 0 atom stereocenters. The third-order valence-corrected chi connectivity index (χ3v) is 1.27. The van der Waals surface area contributed by atoms with Crippen molar-refractivity contribution in [3.8, 4) is 0 Å². The van der Waals surface area contributed by atoms with Gasteiger partial charge in [0.05, 0.1) is 6.54 Å². The van der Waals surface area contributed by atoms with Crippen LogP contribution in [-0.2, 0) is 4.74 Å². The van der Waals surface area contributed by atoms with Crippen LogP contribution < -0.4 is 5.73 Å². The summed E-state index contributed by atoms with van der Waals surface area (Å²) >= 11 is 3.09. The van der Waals surface area contributed by atoms with Gasteiger partial charge in [0, 0.05) is 0 Å². The Morgan fingerprint density at radius 1 is 1.58 bits per heavy atom. The number of carbonyl (C=O) groups excluding carboxylic acids is 1. The van der Waals surface area contributed by atoms with Gasteiger partial charge in [0.2, 0.25) is 0 Å². The lowest BCUT2D eigenvalue weighted by Gasteiger charge is -2.17. The highest BCUT2D eigenvalue weighted by Crippen LogP contribution is 2.21. The van der Waals surface area contributed by atoms with Crippen molar-refractivity contribution in [3.05, 3.63) is 0 Å². The molecule has 12 heavy (non-hydrogen) atoms. The van der Waals surface area contributed by atoms with Crippen LogP contribution in [-0.4, -0.2) is 29.9 Å². The van der Waals surface area contributed by atoms with E-state index in [9.17, 15) is 18.0 Å². The SMILES string of the molecule is NC(=O)OCCN(S)C(F)(F)F. The van der Waals surface area contributed by atoms with Gasteiger partial charge in [-0.05, 0) is 0 Å². The molecular weight excluding hydrogens is 197 g/mol. The Labute approximate surface area is 72.0 Å². The molecule has 0 fully saturated rings. The number of ether oxygens (including phenoxy) is 1. The van der Waals surface area contributed by atoms with Gasteiger partial charge < -0.3 is 10.5 Å². The quantitative estimate of drug-likeness (QED) is 0.526. The minimum atomic E-state index is -4.54. The van der Waals surface area contributed by atoms with Crippen LogP contribution in [0.25, 0.3) is 0 Å². The molecule has 0 saturated carbocycles. The van der Waals surface area contributed by atoms with Crippen LogP contribution in [0.1, 0.15) is 0 Å². The number of halogens is 3. The maximum absolute atomic E-state index is 11.7. The van der Waals surface area contributed by atoms with Gasteiger partial charge in [-0.25, -0.2) is 4.79 Å². The van der Waals surface area contributed by atoms with E-state index in [1.165, 1.54) is 0 Å². The predicted octanol–water partition coefficient (Wildman–Crippen LogP) is 0.748. The first-order valence-electron chi connectivity index (χ1n) is 2.79. The van der Waals surface area contributed by atoms with E-state index in [1.54, 1.807) is 0 Å². The van der Waals surface area contributed by atoms with E-state index < -0.39 is 25.5 Å². The highest BCUT2D eigenvalue weighted by molar-refractivity contribution is 7.77. The zero-order chi connectivity index (χ0) is 9.78. The summed E-state index contributed by atoms with van der Waals surface area (Å²) in [6.07, 6.45) is -5.65. The fourth-order valence-corrected chi connectivity index (χ4v) is 0.441. The standard InChI is InChI=1S/C4H7F3N2O2S/c5-4(6,7)9(12)1-2-11-3(8)10/h12H,1-2H2,(H2,8,10). The Morgan fingerprint density at radius 3 is 2.42 bits per heavy atom. The molecule has 4 nitrogen and oxygen atoms in total. The van der Waals surface area contributed by atoms with E-state index in [4.69, 9.17) is 0 Å². The number of hydrogen-bond donors (Lipinski definition) is 2. The van der Waals surface area contributed by atoms with Crippen molar-refractivity contribution >= 4 is 18.9 Å². The molecule has 0 spiro atoms. The van der Waals surface area contributed by atoms with Gasteiger partial charge >= 0.3 is 12.4 Å². The molecule has 0 heterocycles. The molecule has 0 aliphatic carbocycles. The molecule has 0 rings (SSSR count). The number of primary amides is 1. The molecular formula is C4H7F3N2O2S. The molecule has 72 valence electrons. The van der Waals surface area contributed by atoms with Crippen molar-refractivity contribution in [3.63, 3.8) is 0 Å². The molecule has 0 bridgehead atoms. The number of nitrogens with zero attached hydrogens (tertiary/aromatic N) is 1. The van der Waals surface area contributed by atoms with E-state index in [0.717, 1.165) is 0 Å². The van der Waals surface area contributed by atoms with Crippen LogP contribution in [0.4, 0.5) is 18.0 Å². The molecule has 0 aromatic heterocycles. The molecule has 8 heteroatoms. The van der Waals surface area contributed by atoms with E-state index in [1.807, 2.05) is 0 Å². The Balaban J connectivity index is 3.58. The lowest BCUT2D eigenvalue weighted by molar-refractivity contribution is -0.207. The Hall–Kier alpha value is -0.630. The lowest BCUT2D eigenvalue weighted by Crippen LogP contribution is -2.33. The van der Waals surface area contributed by atoms with Crippen LogP contribution in [0.2, 0.25) is 0 Å². The molecule has 2 N–H and O–H groups in total. The second kappa shape index (κ2) is 4.41. The summed E-state index contributed by atoms with van der Waals surface area (Å²) in [5, 5.41) is 0. The fourth-order valence-electron chi connectivity index (χ4n) is 0.359. The van der Waals surface area contributed by atoms with Gasteiger partial charge in [-0.15, -0.1) is 0 Å². The van der Waals surface area contributed by atoms with Gasteiger partial charge in [-0.3, -0.25) is 0 Å². The van der Waals surface area contributed by atoms with Gasteiger partial charge in [0.15, 0.2) is 0 Å². The molecule has 0 aliphatic heterocycles. The molecule has 0 aliphatic rings. The number of carbonyl (C=O) groups is 1. The summed E-state index contributed by atoms with van der Waals surface area (Å²) in [7, 11) is 0. The Bertz CT molecular complexity index is 163. The second-order valence-corrected chi connectivity index (χ2v) is 2.24. The molecule has 0 saturated heterocycles. The second-order valence-electron chi connectivity index (χ2n) is 1.76. The van der Waals surface area contributed by atoms with Crippen molar-refractivity contribution in [2.24, 2.45) is 5.73 Å². The fraction of sp³-hybridized carbons (Fsp3) is 0.750. The normalized spacial score (nSPS) is 11.8. The van der Waals surface area contributed by atoms with Gasteiger partial charge in [0.1, 0.15) is 6.61 Å². The third-order valence-electron chi connectivity index (χ3n) is 0.840. The average Bonchev–Trinajstić information content (AvgIpc) is 1.84.